The van der Waals surface area contributed by atoms with E-state index in [1.807, 2.05) is 27.7 Å². The van der Waals surface area contributed by atoms with Crippen LogP contribution in [0.25, 0.3) is 0 Å². The molecule has 1 heterocycles. The van der Waals surface area contributed by atoms with Crippen molar-refractivity contribution >= 4 is 0 Å². The summed E-state index contributed by atoms with van der Waals surface area (Å²) in [6, 6.07) is 0. The highest BCUT2D eigenvalue weighted by atomic mass is 17.1. The van der Waals surface area contributed by atoms with Crippen molar-refractivity contribution in [3.63, 3.8) is 0 Å². The maximum Gasteiger partial charge on any atom is 0.127 e. The van der Waals surface area contributed by atoms with Crippen molar-refractivity contribution in [1.29, 1.82) is 0 Å². The molecule has 1 aliphatic rings. The van der Waals surface area contributed by atoms with Crippen LogP contribution in [0.5, 0.6) is 11.5 Å². The molecule has 0 amide bonds. The lowest BCUT2D eigenvalue weighted by molar-refractivity contribution is -0.313. The number of benzene rings is 1. The number of fused-ring (bicyclic) bond motifs is 1. The van der Waals surface area contributed by atoms with Crippen LogP contribution in [0.4, 0.5) is 0 Å². The van der Waals surface area contributed by atoms with Crippen LogP contribution in [0, 0.1) is 13.8 Å². The molecule has 0 saturated carbocycles. The molecule has 4 heteroatoms. The second-order valence-corrected chi connectivity index (χ2v) is 5.51. The van der Waals surface area contributed by atoms with Gasteiger partial charge in [-0.15, -0.1) is 0 Å². The van der Waals surface area contributed by atoms with Gasteiger partial charge >= 0.3 is 0 Å². The molecule has 0 spiro atoms. The SMILES string of the molecule is Cc1c(C)c2c(c(CO[O])c1O)CCC(C)(C)O2. The topological polar surface area (TPSA) is 58.6 Å². The Kier molecular flexibility index (Phi) is 3.25. The third-order valence-corrected chi connectivity index (χ3v) is 3.74. The zero-order valence-electron chi connectivity index (χ0n) is 11.3. The van der Waals surface area contributed by atoms with Gasteiger partial charge in [-0.25, -0.2) is 0 Å². The second kappa shape index (κ2) is 4.44. The quantitative estimate of drug-likeness (QED) is 0.649. The third kappa shape index (κ3) is 2.06. The van der Waals surface area contributed by atoms with Gasteiger partial charge in [0.15, 0.2) is 0 Å². The number of phenols is 1. The Morgan fingerprint density at radius 1 is 1.33 bits per heavy atom. The lowest BCUT2D eigenvalue weighted by Gasteiger charge is -2.35. The maximum atomic E-state index is 10.4. The molecule has 0 aliphatic carbocycles. The molecular formula is C14H19O4. The predicted molar refractivity (Wildman–Crippen MR) is 66.1 cm³/mol. The Bertz CT molecular complexity index is 477. The van der Waals surface area contributed by atoms with E-state index < -0.39 is 0 Å². The minimum absolute atomic E-state index is 0.126. The summed E-state index contributed by atoms with van der Waals surface area (Å²) >= 11 is 0. The molecule has 18 heavy (non-hydrogen) atoms. The van der Waals surface area contributed by atoms with E-state index in [2.05, 4.69) is 4.89 Å². The van der Waals surface area contributed by atoms with Gasteiger partial charge in [0.25, 0.3) is 0 Å². The fraction of sp³-hybridized carbons (Fsp3) is 0.571. The number of hydrogen-bond donors (Lipinski definition) is 1. The molecule has 99 valence electrons. The molecule has 0 unspecified atom stereocenters. The van der Waals surface area contributed by atoms with Crippen LogP contribution in [0.15, 0.2) is 0 Å². The first kappa shape index (κ1) is 13.2. The molecule has 1 aliphatic heterocycles. The number of rotatable bonds is 2. The van der Waals surface area contributed by atoms with Gasteiger partial charge in [0, 0.05) is 11.1 Å². The maximum absolute atomic E-state index is 10.4. The molecule has 0 aromatic heterocycles. The first-order valence-electron chi connectivity index (χ1n) is 6.15. The van der Waals surface area contributed by atoms with E-state index in [1.54, 1.807) is 0 Å². The van der Waals surface area contributed by atoms with Gasteiger partial charge in [-0.2, -0.15) is 4.89 Å². The Labute approximate surface area is 107 Å². The summed E-state index contributed by atoms with van der Waals surface area (Å²) < 4.78 is 6.00. The number of aromatic hydroxyl groups is 1. The highest BCUT2D eigenvalue weighted by Crippen LogP contribution is 2.43. The van der Waals surface area contributed by atoms with Gasteiger partial charge < -0.3 is 9.84 Å². The summed E-state index contributed by atoms with van der Waals surface area (Å²) in [7, 11) is 0. The monoisotopic (exact) mass is 251 g/mol. The van der Waals surface area contributed by atoms with Crippen molar-refractivity contribution in [1.82, 2.24) is 0 Å². The van der Waals surface area contributed by atoms with Gasteiger partial charge in [-0.3, -0.25) is 0 Å². The number of phenolic OH excluding ortho intramolecular Hbond substituents is 1. The van der Waals surface area contributed by atoms with Gasteiger partial charge in [0.1, 0.15) is 23.7 Å². The molecule has 2 rings (SSSR count). The molecule has 1 radical (unpaired) electrons. The van der Waals surface area contributed by atoms with Gasteiger partial charge in [0.2, 0.25) is 0 Å². The van der Waals surface area contributed by atoms with Crippen molar-refractivity contribution in [2.45, 2.75) is 52.7 Å². The van der Waals surface area contributed by atoms with E-state index in [0.717, 1.165) is 35.3 Å². The average Bonchev–Trinajstić information content (AvgIpc) is 2.31. The lowest BCUT2D eigenvalue weighted by atomic mass is 9.88. The van der Waals surface area contributed by atoms with Crippen molar-refractivity contribution < 1.29 is 20.0 Å². The molecule has 0 saturated heterocycles. The first-order valence-corrected chi connectivity index (χ1v) is 6.15. The number of hydrogen-bond acceptors (Lipinski definition) is 3. The van der Waals surface area contributed by atoms with Crippen LogP contribution >= 0.6 is 0 Å². The van der Waals surface area contributed by atoms with Crippen molar-refractivity contribution in [2.75, 3.05) is 0 Å². The van der Waals surface area contributed by atoms with Crippen LogP contribution in [0.2, 0.25) is 0 Å². The molecule has 0 fully saturated rings. The summed E-state index contributed by atoms with van der Waals surface area (Å²) in [5, 5.41) is 20.5. The van der Waals surface area contributed by atoms with Crippen molar-refractivity contribution in [3.05, 3.63) is 22.3 Å². The van der Waals surface area contributed by atoms with E-state index in [1.165, 1.54) is 0 Å². The van der Waals surface area contributed by atoms with Crippen LogP contribution in [0.1, 0.15) is 42.5 Å². The second-order valence-electron chi connectivity index (χ2n) is 5.51. The fourth-order valence-electron chi connectivity index (χ4n) is 2.45. The van der Waals surface area contributed by atoms with Gasteiger partial charge in [0.05, 0.1) is 0 Å². The third-order valence-electron chi connectivity index (χ3n) is 3.74. The minimum Gasteiger partial charge on any atom is -0.507 e. The minimum atomic E-state index is -0.212. The van der Waals surface area contributed by atoms with Gasteiger partial charge in [-0.1, -0.05) is 0 Å². The number of ether oxygens (including phenoxy) is 1. The molecule has 0 atom stereocenters. The molecule has 1 aromatic carbocycles. The van der Waals surface area contributed by atoms with Crippen LogP contribution in [-0.4, -0.2) is 10.7 Å². The molecule has 1 N–H and O–H groups in total. The summed E-state index contributed by atoms with van der Waals surface area (Å²) in [6.45, 7) is 7.71. The van der Waals surface area contributed by atoms with Crippen molar-refractivity contribution in [2.24, 2.45) is 0 Å². The Balaban J connectivity index is 2.62. The lowest BCUT2D eigenvalue weighted by Crippen LogP contribution is -2.33. The highest BCUT2D eigenvalue weighted by Gasteiger charge is 2.31. The molecule has 4 nitrogen and oxygen atoms in total. The first-order chi connectivity index (χ1) is 8.37. The summed E-state index contributed by atoms with van der Waals surface area (Å²) in [6.07, 6.45) is 1.64. The summed E-state index contributed by atoms with van der Waals surface area (Å²) in [5.74, 6) is 0.957. The smallest absolute Gasteiger partial charge is 0.127 e. The highest BCUT2D eigenvalue weighted by molar-refractivity contribution is 5.58. The Morgan fingerprint density at radius 2 is 2.00 bits per heavy atom. The zero-order chi connectivity index (χ0) is 13.5. The average molecular weight is 251 g/mol. The predicted octanol–water partition coefficient (Wildman–Crippen LogP) is 2.97. The van der Waals surface area contributed by atoms with E-state index >= 15 is 0 Å². The van der Waals surface area contributed by atoms with Crippen molar-refractivity contribution in [3.8, 4) is 11.5 Å². The van der Waals surface area contributed by atoms with Gasteiger partial charge in [-0.05, 0) is 56.9 Å². The van der Waals surface area contributed by atoms with E-state index in [0.29, 0.717) is 5.56 Å². The Morgan fingerprint density at radius 3 is 2.61 bits per heavy atom. The summed E-state index contributed by atoms with van der Waals surface area (Å²) in [4.78, 5) is 3.96. The van der Waals surface area contributed by atoms with Crippen LogP contribution in [0.3, 0.4) is 0 Å². The fourth-order valence-corrected chi connectivity index (χ4v) is 2.45. The summed E-state index contributed by atoms with van der Waals surface area (Å²) in [5.41, 5.74) is 2.95. The zero-order valence-corrected chi connectivity index (χ0v) is 11.3. The molecule has 0 bridgehead atoms. The Hall–Kier alpha value is -1.26. The van der Waals surface area contributed by atoms with E-state index in [4.69, 9.17) is 4.74 Å². The van der Waals surface area contributed by atoms with E-state index in [-0.39, 0.29) is 18.0 Å². The molecular weight excluding hydrogens is 232 g/mol. The largest absolute Gasteiger partial charge is 0.507 e. The normalized spacial score (nSPS) is 17.2. The van der Waals surface area contributed by atoms with Crippen LogP contribution in [-0.2, 0) is 23.2 Å². The molecule has 1 aromatic rings. The van der Waals surface area contributed by atoms with E-state index in [9.17, 15) is 10.4 Å². The standard InChI is InChI=1S/C14H19O4/c1-8-9(2)13-10(5-6-14(3,4)18-13)11(7-17-16)12(8)15/h15H,5-7H2,1-4H3. The van der Waals surface area contributed by atoms with Crippen LogP contribution < -0.4 is 4.74 Å².